The van der Waals surface area contributed by atoms with Crippen molar-refractivity contribution < 1.29 is 19.2 Å². The van der Waals surface area contributed by atoms with Crippen LogP contribution in [0.3, 0.4) is 0 Å². The van der Waals surface area contributed by atoms with Gasteiger partial charge in [-0.3, -0.25) is 18.8 Å². The van der Waals surface area contributed by atoms with Gasteiger partial charge in [0.2, 0.25) is 0 Å². The van der Waals surface area contributed by atoms with Gasteiger partial charge in [0.25, 0.3) is 17.4 Å². The van der Waals surface area contributed by atoms with E-state index in [0.29, 0.717) is 10.0 Å². The smallest absolute Gasteiger partial charge is 0.324 e. The molecule has 0 radical (unpaired) electrons. The van der Waals surface area contributed by atoms with Gasteiger partial charge in [-0.2, -0.15) is 0 Å². The summed E-state index contributed by atoms with van der Waals surface area (Å²) >= 11 is 1.29. The Bertz CT molecular complexity index is 1100. The Kier molecular flexibility index (Phi) is 3.25. The number of fused-ring (bicyclic) bond motifs is 2. The predicted molar refractivity (Wildman–Crippen MR) is 86.4 cm³/mol. The summed E-state index contributed by atoms with van der Waals surface area (Å²) in [5, 5.41) is 0.361. The van der Waals surface area contributed by atoms with E-state index in [-0.39, 0.29) is 16.7 Å². The zero-order valence-corrected chi connectivity index (χ0v) is 13.6. The minimum atomic E-state index is -1.12. The lowest BCUT2D eigenvalue weighted by Crippen LogP contribution is -2.35. The molecular formula is C16H9N3O5S. The number of benzene rings is 1. The highest BCUT2D eigenvalue weighted by molar-refractivity contribution is 7.16. The summed E-state index contributed by atoms with van der Waals surface area (Å²) < 4.78 is 1.22. The third kappa shape index (κ3) is 2.24. The van der Waals surface area contributed by atoms with Crippen molar-refractivity contribution in [3.63, 3.8) is 0 Å². The lowest BCUT2D eigenvalue weighted by Gasteiger charge is -2.12. The number of hydrogen-bond acceptors (Lipinski definition) is 7. The van der Waals surface area contributed by atoms with E-state index in [1.54, 1.807) is 25.3 Å². The summed E-state index contributed by atoms with van der Waals surface area (Å²) in [6.07, 6.45) is 2.63. The molecule has 0 fully saturated rings. The summed E-state index contributed by atoms with van der Waals surface area (Å²) in [6, 6.07) is 6.11. The van der Waals surface area contributed by atoms with Gasteiger partial charge in [-0.05, 0) is 19.1 Å². The number of nitrogens with zero attached hydrogens (tertiary/aromatic N) is 3. The number of hydrogen-bond donors (Lipinski definition) is 0. The van der Waals surface area contributed by atoms with Crippen molar-refractivity contribution in [3.05, 3.63) is 68.6 Å². The van der Waals surface area contributed by atoms with Crippen LogP contribution in [0.2, 0.25) is 0 Å². The van der Waals surface area contributed by atoms with E-state index in [1.807, 2.05) is 0 Å². The fourth-order valence-electron chi connectivity index (χ4n) is 2.52. The van der Waals surface area contributed by atoms with Gasteiger partial charge < -0.3 is 4.84 Å². The molecule has 0 saturated heterocycles. The molecular weight excluding hydrogens is 346 g/mol. The monoisotopic (exact) mass is 355 g/mol. The first-order valence-electron chi connectivity index (χ1n) is 7.15. The van der Waals surface area contributed by atoms with Crippen LogP contribution in [0.4, 0.5) is 0 Å². The second-order valence-electron chi connectivity index (χ2n) is 5.30. The quantitative estimate of drug-likeness (QED) is 0.645. The molecule has 0 unspecified atom stereocenters. The maximum Gasteiger partial charge on any atom is 0.371 e. The highest BCUT2D eigenvalue weighted by atomic mass is 32.1. The fraction of sp³-hybridized carbons (Fsp3) is 0.0625. The molecule has 9 heteroatoms. The standard InChI is InChI=1S/C16H9N3O5S/c1-8-7-18-12(20)11(6-17-16(18)25-8)15(23)24-19-13(21)9-4-2-3-5-10(9)14(19)22/h2-7H,1H3. The fourth-order valence-corrected chi connectivity index (χ4v) is 3.30. The molecule has 1 aliphatic rings. The largest absolute Gasteiger partial charge is 0.371 e. The van der Waals surface area contributed by atoms with Gasteiger partial charge in [0.1, 0.15) is 5.56 Å². The third-order valence-electron chi connectivity index (χ3n) is 3.67. The van der Waals surface area contributed by atoms with Crippen LogP contribution in [-0.4, -0.2) is 32.2 Å². The maximum absolute atomic E-state index is 12.4. The Morgan fingerprint density at radius 1 is 1.12 bits per heavy atom. The van der Waals surface area contributed by atoms with Crippen molar-refractivity contribution in [1.29, 1.82) is 0 Å². The Balaban J connectivity index is 1.68. The topological polar surface area (TPSA) is 98.0 Å². The van der Waals surface area contributed by atoms with E-state index < -0.39 is 23.3 Å². The predicted octanol–water partition coefficient (Wildman–Crippen LogP) is 1.43. The van der Waals surface area contributed by atoms with Crippen molar-refractivity contribution in [1.82, 2.24) is 14.4 Å². The summed E-state index contributed by atoms with van der Waals surface area (Å²) in [4.78, 5) is 59.3. The Morgan fingerprint density at radius 3 is 2.40 bits per heavy atom. The highest BCUT2D eigenvalue weighted by Gasteiger charge is 2.39. The van der Waals surface area contributed by atoms with Gasteiger partial charge in [-0.25, -0.2) is 9.78 Å². The van der Waals surface area contributed by atoms with Crippen LogP contribution < -0.4 is 5.56 Å². The van der Waals surface area contributed by atoms with Gasteiger partial charge in [0.15, 0.2) is 4.96 Å². The number of thiazole rings is 1. The first kappa shape index (κ1) is 15.2. The number of aryl methyl sites for hydroxylation is 1. The summed E-state index contributed by atoms with van der Waals surface area (Å²) in [6.45, 7) is 1.80. The third-order valence-corrected chi connectivity index (χ3v) is 4.59. The maximum atomic E-state index is 12.4. The molecule has 0 saturated carbocycles. The molecule has 2 aromatic heterocycles. The number of amides is 2. The molecule has 1 aromatic carbocycles. The normalized spacial score (nSPS) is 13.4. The first-order valence-corrected chi connectivity index (χ1v) is 7.97. The zero-order chi connectivity index (χ0) is 17.7. The molecule has 3 heterocycles. The van der Waals surface area contributed by atoms with E-state index in [2.05, 4.69) is 4.98 Å². The first-order chi connectivity index (χ1) is 12.0. The van der Waals surface area contributed by atoms with Crippen molar-refractivity contribution in [2.75, 3.05) is 0 Å². The molecule has 0 spiro atoms. The van der Waals surface area contributed by atoms with E-state index in [0.717, 1.165) is 11.1 Å². The lowest BCUT2D eigenvalue weighted by molar-refractivity contribution is -0.0586. The molecule has 0 atom stereocenters. The van der Waals surface area contributed by atoms with Gasteiger partial charge in [0.05, 0.1) is 17.3 Å². The van der Waals surface area contributed by atoms with Gasteiger partial charge in [-0.15, -0.1) is 11.3 Å². The molecule has 0 N–H and O–H groups in total. The van der Waals surface area contributed by atoms with Crippen LogP contribution >= 0.6 is 11.3 Å². The van der Waals surface area contributed by atoms with Crippen molar-refractivity contribution in [2.24, 2.45) is 0 Å². The van der Waals surface area contributed by atoms with Crippen LogP contribution in [0.5, 0.6) is 0 Å². The Hall–Kier alpha value is -3.33. The van der Waals surface area contributed by atoms with Crippen molar-refractivity contribution >= 4 is 34.1 Å². The molecule has 124 valence electrons. The van der Waals surface area contributed by atoms with Crippen LogP contribution in [-0.2, 0) is 4.84 Å². The minimum Gasteiger partial charge on any atom is -0.324 e. The van der Waals surface area contributed by atoms with Crippen LogP contribution in [0.1, 0.15) is 36.0 Å². The van der Waals surface area contributed by atoms with Gasteiger partial charge >= 0.3 is 5.97 Å². The molecule has 3 aromatic rings. The Labute approximate surface area is 143 Å². The summed E-state index contributed by atoms with van der Waals surface area (Å²) in [5.74, 6) is -2.63. The number of aromatic nitrogens is 2. The van der Waals surface area contributed by atoms with Crippen LogP contribution in [0.25, 0.3) is 4.96 Å². The molecule has 8 nitrogen and oxygen atoms in total. The number of imide groups is 1. The van der Waals surface area contributed by atoms with E-state index in [4.69, 9.17) is 4.84 Å². The second-order valence-corrected chi connectivity index (χ2v) is 6.51. The van der Waals surface area contributed by atoms with Crippen LogP contribution in [0, 0.1) is 6.92 Å². The number of rotatable bonds is 2. The molecule has 0 aliphatic carbocycles. The van der Waals surface area contributed by atoms with Gasteiger partial charge in [0, 0.05) is 11.1 Å². The second kappa shape index (κ2) is 5.35. The summed E-state index contributed by atoms with van der Waals surface area (Å²) in [5.41, 5.74) is -0.721. The highest BCUT2D eigenvalue weighted by Crippen LogP contribution is 2.23. The average Bonchev–Trinajstić information content (AvgIpc) is 3.09. The SMILES string of the molecule is Cc1cn2c(=O)c(C(=O)ON3C(=O)c4ccccc4C3=O)cnc2s1. The minimum absolute atomic E-state index is 0.138. The van der Waals surface area contributed by atoms with Crippen molar-refractivity contribution in [2.45, 2.75) is 6.92 Å². The molecule has 25 heavy (non-hydrogen) atoms. The zero-order valence-electron chi connectivity index (χ0n) is 12.8. The molecule has 1 aliphatic heterocycles. The van der Waals surface area contributed by atoms with E-state index in [9.17, 15) is 19.2 Å². The van der Waals surface area contributed by atoms with Crippen LogP contribution in [0.15, 0.2) is 41.5 Å². The molecule has 4 rings (SSSR count). The average molecular weight is 355 g/mol. The lowest BCUT2D eigenvalue weighted by atomic mass is 10.1. The van der Waals surface area contributed by atoms with Crippen molar-refractivity contribution in [3.8, 4) is 0 Å². The molecule has 2 amide bonds. The molecule has 0 bridgehead atoms. The number of carbonyl (C=O) groups is 3. The van der Waals surface area contributed by atoms with E-state index in [1.165, 1.54) is 27.9 Å². The van der Waals surface area contributed by atoms with Gasteiger partial charge in [-0.1, -0.05) is 17.2 Å². The number of hydroxylamine groups is 2. The Morgan fingerprint density at radius 2 is 1.76 bits per heavy atom. The summed E-state index contributed by atoms with van der Waals surface area (Å²) in [7, 11) is 0. The number of carbonyl (C=O) groups excluding carboxylic acids is 3. The van der Waals surface area contributed by atoms with E-state index >= 15 is 0 Å².